The summed E-state index contributed by atoms with van der Waals surface area (Å²) in [6.45, 7) is 2.93. The minimum Gasteiger partial charge on any atom is -0.493 e. The molecular weight excluding hydrogens is 366 g/mol. The van der Waals surface area contributed by atoms with Gasteiger partial charge in [0.1, 0.15) is 0 Å². The van der Waals surface area contributed by atoms with Crippen molar-refractivity contribution in [2.24, 2.45) is 0 Å². The van der Waals surface area contributed by atoms with Gasteiger partial charge in [-0.1, -0.05) is 11.6 Å². The van der Waals surface area contributed by atoms with Crippen LogP contribution in [-0.2, 0) is 4.79 Å². The number of methoxy groups -OCH3 is 2. The summed E-state index contributed by atoms with van der Waals surface area (Å²) in [4.78, 5) is 20.6. The van der Waals surface area contributed by atoms with E-state index in [9.17, 15) is 4.79 Å². The van der Waals surface area contributed by atoms with Crippen molar-refractivity contribution in [3.05, 3.63) is 53.3 Å². The third-order valence-corrected chi connectivity index (χ3v) is 4.93. The number of rotatable bonds is 5. The number of hydrogen-bond donors (Lipinski definition) is 0. The average molecular weight is 388 g/mol. The first-order chi connectivity index (χ1) is 13.1. The lowest BCUT2D eigenvalue weighted by Gasteiger charge is -2.35. The van der Waals surface area contributed by atoms with Crippen LogP contribution in [0, 0.1) is 0 Å². The van der Waals surface area contributed by atoms with Gasteiger partial charge in [0.25, 0.3) is 0 Å². The summed E-state index contributed by atoms with van der Waals surface area (Å²) in [7, 11) is 3.09. The Balaban J connectivity index is 1.63. The van der Waals surface area contributed by atoms with E-state index in [1.54, 1.807) is 43.8 Å². The van der Waals surface area contributed by atoms with Gasteiger partial charge in [-0.3, -0.25) is 9.78 Å². The molecule has 1 fully saturated rings. The molecule has 6 nitrogen and oxygen atoms in total. The number of carbonyl (C=O) groups is 1. The normalized spacial score (nSPS) is 14.5. The third-order valence-electron chi connectivity index (χ3n) is 4.54. The number of carbonyl (C=O) groups excluding carboxylic acids is 1. The number of nitrogens with zero attached hydrogens (tertiary/aromatic N) is 3. The van der Waals surface area contributed by atoms with Crippen LogP contribution in [0.3, 0.4) is 0 Å². The molecule has 0 N–H and O–H groups in total. The van der Waals surface area contributed by atoms with E-state index in [0.29, 0.717) is 35.2 Å². The number of piperazine rings is 1. The second-order valence-corrected chi connectivity index (χ2v) is 6.43. The van der Waals surface area contributed by atoms with Crippen molar-refractivity contribution in [2.45, 2.75) is 0 Å². The van der Waals surface area contributed by atoms with Crippen molar-refractivity contribution in [1.29, 1.82) is 0 Å². The number of anilines is 1. The van der Waals surface area contributed by atoms with E-state index < -0.39 is 0 Å². The Bertz CT molecular complexity index is 819. The van der Waals surface area contributed by atoms with Gasteiger partial charge in [0.15, 0.2) is 11.5 Å². The number of amides is 1. The summed E-state index contributed by atoms with van der Waals surface area (Å²) in [6.07, 6.45) is 6.82. The number of hydrogen-bond acceptors (Lipinski definition) is 5. The van der Waals surface area contributed by atoms with Crippen LogP contribution in [0.5, 0.6) is 11.5 Å². The lowest BCUT2D eigenvalue weighted by Crippen LogP contribution is -2.48. The Kier molecular flexibility index (Phi) is 6.19. The van der Waals surface area contributed by atoms with Crippen LogP contribution in [-0.4, -0.2) is 56.2 Å². The highest BCUT2D eigenvalue weighted by Crippen LogP contribution is 2.37. The van der Waals surface area contributed by atoms with E-state index in [1.165, 1.54) is 7.11 Å². The van der Waals surface area contributed by atoms with E-state index in [1.807, 2.05) is 17.0 Å². The molecule has 0 saturated carbocycles. The molecule has 1 saturated heterocycles. The number of halogens is 1. The van der Waals surface area contributed by atoms with E-state index in [-0.39, 0.29) is 5.91 Å². The van der Waals surface area contributed by atoms with Gasteiger partial charge >= 0.3 is 0 Å². The lowest BCUT2D eigenvalue weighted by molar-refractivity contribution is -0.126. The van der Waals surface area contributed by atoms with Gasteiger partial charge in [0.05, 0.1) is 19.2 Å². The van der Waals surface area contributed by atoms with Crippen molar-refractivity contribution in [3.63, 3.8) is 0 Å². The van der Waals surface area contributed by atoms with Crippen LogP contribution in [0.4, 0.5) is 5.69 Å². The summed E-state index contributed by atoms with van der Waals surface area (Å²) < 4.78 is 10.5. The van der Waals surface area contributed by atoms with Gasteiger partial charge < -0.3 is 19.3 Å². The molecule has 1 aliphatic rings. The molecule has 0 aliphatic carbocycles. The Morgan fingerprint density at radius 2 is 1.78 bits per heavy atom. The predicted octanol–water partition coefficient (Wildman–Crippen LogP) is 3.11. The van der Waals surface area contributed by atoms with Crippen LogP contribution in [0.15, 0.2) is 42.7 Å². The first kappa shape index (κ1) is 19.0. The zero-order valence-corrected chi connectivity index (χ0v) is 16.1. The highest BCUT2D eigenvalue weighted by Gasteiger charge is 2.20. The number of pyridine rings is 1. The maximum atomic E-state index is 12.5. The minimum atomic E-state index is -0.0322. The summed E-state index contributed by atoms with van der Waals surface area (Å²) in [5.74, 6) is 0.980. The van der Waals surface area contributed by atoms with Gasteiger partial charge in [0, 0.05) is 50.3 Å². The average Bonchev–Trinajstić information content (AvgIpc) is 2.73. The molecule has 142 valence electrons. The first-order valence-electron chi connectivity index (χ1n) is 8.66. The standard InChI is InChI=1S/C20H22ClN3O3/c1-26-17-5-3-15(19(21)20(17)27-2)4-6-18(25)24-13-11-23(12-14-24)16-7-9-22-10-8-16/h3-10H,11-14H2,1-2H3/b6-4+. The van der Waals surface area contributed by atoms with Gasteiger partial charge in [-0.05, 0) is 35.9 Å². The van der Waals surface area contributed by atoms with Crippen molar-refractivity contribution in [3.8, 4) is 11.5 Å². The van der Waals surface area contributed by atoms with Crippen molar-refractivity contribution in [2.75, 3.05) is 45.3 Å². The topological polar surface area (TPSA) is 54.9 Å². The lowest BCUT2D eigenvalue weighted by atomic mass is 10.1. The molecule has 0 atom stereocenters. The summed E-state index contributed by atoms with van der Waals surface area (Å²) in [5, 5.41) is 0.420. The molecule has 1 amide bonds. The monoisotopic (exact) mass is 387 g/mol. The molecule has 1 aliphatic heterocycles. The van der Waals surface area contributed by atoms with Crippen molar-refractivity contribution < 1.29 is 14.3 Å². The van der Waals surface area contributed by atoms with Crippen LogP contribution in [0.1, 0.15) is 5.56 Å². The Morgan fingerprint density at radius 1 is 1.07 bits per heavy atom. The van der Waals surface area contributed by atoms with Gasteiger partial charge in [0.2, 0.25) is 5.91 Å². The number of aromatic nitrogens is 1. The molecule has 2 heterocycles. The molecule has 1 aromatic heterocycles. The molecule has 27 heavy (non-hydrogen) atoms. The fourth-order valence-electron chi connectivity index (χ4n) is 3.04. The largest absolute Gasteiger partial charge is 0.493 e. The Labute approximate surface area is 164 Å². The zero-order valence-electron chi connectivity index (χ0n) is 15.4. The van der Waals surface area contributed by atoms with E-state index in [2.05, 4.69) is 9.88 Å². The molecule has 1 aromatic carbocycles. The number of ether oxygens (including phenoxy) is 2. The van der Waals surface area contributed by atoms with Crippen LogP contribution < -0.4 is 14.4 Å². The first-order valence-corrected chi connectivity index (χ1v) is 9.04. The highest BCUT2D eigenvalue weighted by molar-refractivity contribution is 6.33. The smallest absolute Gasteiger partial charge is 0.246 e. The Morgan fingerprint density at radius 3 is 2.41 bits per heavy atom. The quantitative estimate of drug-likeness (QED) is 0.738. The van der Waals surface area contributed by atoms with Gasteiger partial charge in [-0.15, -0.1) is 0 Å². The van der Waals surface area contributed by atoms with Gasteiger partial charge in [-0.2, -0.15) is 0 Å². The molecule has 2 aromatic rings. The molecule has 0 radical (unpaired) electrons. The third kappa shape index (κ3) is 4.34. The number of benzene rings is 1. The van der Waals surface area contributed by atoms with Crippen LogP contribution in [0.2, 0.25) is 5.02 Å². The molecular formula is C20H22ClN3O3. The van der Waals surface area contributed by atoms with Gasteiger partial charge in [-0.25, -0.2) is 0 Å². The maximum Gasteiger partial charge on any atom is 0.246 e. The molecule has 0 bridgehead atoms. The van der Waals surface area contributed by atoms with E-state index in [4.69, 9.17) is 21.1 Å². The second-order valence-electron chi connectivity index (χ2n) is 6.06. The van der Waals surface area contributed by atoms with Crippen LogP contribution >= 0.6 is 11.6 Å². The second kappa shape index (κ2) is 8.77. The highest BCUT2D eigenvalue weighted by atomic mass is 35.5. The van der Waals surface area contributed by atoms with Crippen LogP contribution in [0.25, 0.3) is 6.08 Å². The molecule has 0 unspecified atom stereocenters. The summed E-state index contributed by atoms with van der Waals surface area (Å²) in [5.41, 5.74) is 1.84. The zero-order chi connectivity index (χ0) is 19.2. The fraction of sp³-hybridized carbons (Fsp3) is 0.300. The minimum absolute atomic E-state index is 0.0322. The van der Waals surface area contributed by atoms with Crippen molar-refractivity contribution in [1.82, 2.24) is 9.88 Å². The maximum absolute atomic E-state index is 12.5. The molecule has 0 spiro atoms. The molecule has 7 heteroatoms. The van der Waals surface area contributed by atoms with E-state index in [0.717, 1.165) is 18.8 Å². The van der Waals surface area contributed by atoms with E-state index >= 15 is 0 Å². The fourth-order valence-corrected chi connectivity index (χ4v) is 3.34. The summed E-state index contributed by atoms with van der Waals surface area (Å²) >= 11 is 6.36. The summed E-state index contributed by atoms with van der Waals surface area (Å²) in [6, 6.07) is 7.53. The SMILES string of the molecule is COc1ccc(/C=C/C(=O)N2CCN(c3ccncc3)CC2)c(Cl)c1OC. The molecule has 3 rings (SSSR count). The predicted molar refractivity (Wildman–Crippen MR) is 107 cm³/mol. The van der Waals surface area contributed by atoms with Crippen molar-refractivity contribution >= 4 is 29.3 Å². The Hall–Kier alpha value is -2.73.